The van der Waals surface area contributed by atoms with E-state index >= 15 is 0 Å². The predicted octanol–water partition coefficient (Wildman–Crippen LogP) is 2.59. The van der Waals surface area contributed by atoms with E-state index in [4.69, 9.17) is 0 Å². The molecule has 2 aromatic heterocycles. The van der Waals surface area contributed by atoms with E-state index < -0.39 is 0 Å². The highest BCUT2D eigenvalue weighted by Gasteiger charge is 2.27. The maximum absolute atomic E-state index is 12.2. The number of hydrogen-bond donors (Lipinski definition) is 0. The van der Waals surface area contributed by atoms with Crippen LogP contribution in [0.4, 0.5) is 5.69 Å². The molecule has 0 amide bonds. The Kier molecular flexibility index (Phi) is 4.21. The molecule has 7 heteroatoms. The van der Waals surface area contributed by atoms with Gasteiger partial charge in [-0.1, -0.05) is 0 Å². The highest BCUT2D eigenvalue weighted by Crippen LogP contribution is 2.41. The Balaban J connectivity index is 1.25. The van der Waals surface area contributed by atoms with Gasteiger partial charge in [0.15, 0.2) is 0 Å². The van der Waals surface area contributed by atoms with Gasteiger partial charge >= 0.3 is 0 Å². The zero-order valence-electron chi connectivity index (χ0n) is 15.5. The summed E-state index contributed by atoms with van der Waals surface area (Å²) in [5.74, 6) is 0.749. The average Bonchev–Trinajstić information content (AvgIpc) is 3.45. The minimum atomic E-state index is 0.00601. The Hall–Kier alpha value is -2.25. The fraction of sp³-hybridized carbons (Fsp3) is 0.450. The van der Waals surface area contributed by atoms with Gasteiger partial charge < -0.3 is 9.47 Å². The van der Waals surface area contributed by atoms with Crippen molar-refractivity contribution in [1.29, 1.82) is 0 Å². The number of aromatic nitrogens is 3. The second-order valence-electron chi connectivity index (χ2n) is 7.56. The number of nitrogens with zero attached hydrogens (tertiary/aromatic N) is 5. The summed E-state index contributed by atoms with van der Waals surface area (Å²) in [6.07, 6.45) is 6.30. The van der Waals surface area contributed by atoms with E-state index in [9.17, 15) is 4.79 Å². The van der Waals surface area contributed by atoms with Crippen molar-refractivity contribution in [3.8, 4) is 0 Å². The molecule has 140 valence electrons. The van der Waals surface area contributed by atoms with Crippen LogP contribution < -0.4 is 10.5 Å². The fourth-order valence-corrected chi connectivity index (χ4v) is 4.82. The Labute approximate surface area is 162 Å². The van der Waals surface area contributed by atoms with Crippen molar-refractivity contribution < 1.29 is 0 Å². The van der Waals surface area contributed by atoms with Gasteiger partial charge in [-0.05, 0) is 31.0 Å². The molecule has 0 spiro atoms. The van der Waals surface area contributed by atoms with Crippen LogP contribution in [0.25, 0.3) is 10.9 Å². The lowest BCUT2D eigenvalue weighted by Gasteiger charge is -2.35. The second kappa shape index (κ2) is 6.73. The van der Waals surface area contributed by atoms with Gasteiger partial charge in [0.1, 0.15) is 0 Å². The number of thiazole rings is 1. The summed E-state index contributed by atoms with van der Waals surface area (Å²) >= 11 is 1.89. The largest absolute Gasteiger partial charge is 0.369 e. The third-order valence-corrected chi connectivity index (χ3v) is 6.66. The molecular formula is C20H23N5OS. The van der Waals surface area contributed by atoms with Gasteiger partial charge in [0.25, 0.3) is 5.56 Å². The number of piperazine rings is 1. The maximum Gasteiger partial charge on any atom is 0.260 e. The van der Waals surface area contributed by atoms with Crippen molar-refractivity contribution in [2.24, 2.45) is 7.05 Å². The Bertz CT molecular complexity index is 1030. The van der Waals surface area contributed by atoms with Crippen molar-refractivity contribution in [2.75, 3.05) is 31.1 Å². The minimum Gasteiger partial charge on any atom is -0.369 e. The van der Waals surface area contributed by atoms with E-state index in [1.54, 1.807) is 13.4 Å². The third kappa shape index (κ3) is 3.37. The summed E-state index contributed by atoms with van der Waals surface area (Å²) in [6, 6.07) is 5.99. The van der Waals surface area contributed by atoms with Crippen molar-refractivity contribution in [3.05, 3.63) is 51.0 Å². The molecule has 27 heavy (non-hydrogen) atoms. The Morgan fingerprint density at radius 1 is 1.15 bits per heavy atom. The molecule has 5 rings (SSSR count). The van der Waals surface area contributed by atoms with Crippen molar-refractivity contribution in [3.63, 3.8) is 0 Å². The summed E-state index contributed by atoms with van der Waals surface area (Å²) in [6.45, 7) is 5.07. The molecule has 0 atom stereocenters. The lowest BCUT2D eigenvalue weighted by atomic mass is 10.2. The molecule has 2 aliphatic rings. The molecule has 1 saturated carbocycles. The number of aryl methyl sites for hydroxylation is 1. The number of benzene rings is 1. The molecule has 0 radical (unpaired) electrons. The number of rotatable bonds is 4. The summed E-state index contributed by atoms with van der Waals surface area (Å²) in [7, 11) is 1.73. The van der Waals surface area contributed by atoms with Crippen LogP contribution in [0.2, 0.25) is 0 Å². The molecule has 0 bridgehead atoms. The molecule has 2 fully saturated rings. The highest BCUT2D eigenvalue weighted by molar-refractivity contribution is 7.11. The van der Waals surface area contributed by atoms with Crippen molar-refractivity contribution in [2.45, 2.75) is 25.3 Å². The molecule has 1 saturated heterocycles. The smallest absolute Gasteiger partial charge is 0.260 e. The third-order valence-electron chi connectivity index (χ3n) is 5.52. The van der Waals surface area contributed by atoms with E-state index in [1.165, 1.54) is 27.3 Å². The normalized spacial score (nSPS) is 18.3. The van der Waals surface area contributed by atoms with E-state index in [1.807, 2.05) is 29.5 Å². The predicted molar refractivity (Wildman–Crippen MR) is 109 cm³/mol. The van der Waals surface area contributed by atoms with E-state index in [0.717, 1.165) is 49.8 Å². The minimum absolute atomic E-state index is 0.00601. The second-order valence-corrected chi connectivity index (χ2v) is 8.71. The molecule has 1 aromatic carbocycles. The topological polar surface area (TPSA) is 54.3 Å². The van der Waals surface area contributed by atoms with Crippen LogP contribution >= 0.6 is 11.3 Å². The van der Waals surface area contributed by atoms with Gasteiger partial charge in [0.2, 0.25) is 0 Å². The molecular weight excluding hydrogens is 358 g/mol. The summed E-state index contributed by atoms with van der Waals surface area (Å²) in [4.78, 5) is 27.5. The van der Waals surface area contributed by atoms with E-state index in [0.29, 0.717) is 5.39 Å². The van der Waals surface area contributed by atoms with Gasteiger partial charge in [-0.25, -0.2) is 9.97 Å². The lowest BCUT2D eigenvalue weighted by Crippen LogP contribution is -2.45. The first-order valence-corrected chi connectivity index (χ1v) is 10.4. The SMILES string of the molecule is Cn1cnc2cc(N3CCN(Cc4cnc(C5CC5)s4)CC3)ccc2c1=O. The van der Waals surface area contributed by atoms with E-state index in [2.05, 4.69) is 26.0 Å². The summed E-state index contributed by atoms with van der Waals surface area (Å²) in [5.41, 5.74) is 1.93. The van der Waals surface area contributed by atoms with Crippen LogP contribution in [-0.2, 0) is 13.6 Å². The van der Waals surface area contributed by atoms with Crippen molar-refractivity contribution >= 4 is 27.9 Å². The van der Waals surface area contributed by atoms with Gasteiger partial charge in [-0.2, -0.15) is 0 Å². The lowest BCUT2D eigenvalue weighted by molar-refractivity contribution is 0.252. The van der Waals surface area contributed by atoms with Crippen LogP contribution in [0.5, 0.6) is 0 Å². The van der Waals surface area contributed by atoms with Crippen molar-refractivity contribution in [1.82, 2.24) is 19.4 Å². The van der Waals surface area contributed by atoms with Gasteiger partial charge in [-0.3, -0.25) is 9.69 Å². The number of hydrogen-bond acceptors (Lipinski definition) is 6. The van der Waals surface area contributed by atoms with Crippen LogP contribution in [-0.4, -0.2) is 45.6 Å². The van der Waals surface area contributed by atoms with Crippen LogP contribution in [0.1, 0.15) is 28.6 Å². The summed E-state index contributed by atoms with van der Waals surface area (Å²) in [5, 5.41) is 2.01. The summed E-state index contributed by atoms with van der Waals surface area (Å²) < 4.78 is 1.52. The van der Waals surface area contributed by atoms with Crippen LogP contribution in [0.15, 0.2) is 35.5 Å². The first-order chi connectivity index (χ1) is 13.2. The number of anilines is 1. The van der Waals surface area contributed by atoms with Gasteiger partial charge in [0, 0.05) is 62.5 Å². The first kappa shape index (κ1) is 16.9. The van der Waals surface area contributed by atoms with E-state index in [-0.39, 0.29) is 5.56 Å². The van der Waals surface area contributed by atoms with Gasteiger partial charge in [-0.15, -0.1) is 11.3 Å². The van der Waals surface area contributed by atoms with Crippen LogP contribution in [0, 0.1) is 0 Å². The monoisotopic (exact) mass is 381 g/mol. The zero-order valence-corrected chi connectivity index (χ0v) is 16.3. The Morgan fingerprint density at radius 3 is 2.74 bits per heavy atom. The van der Waals surface area contributed by atoms with Crippen LogP contribution in [0.3, 0.4) is 0 Å². The average molecular weight is 382 g/mol. The molecule has 3 aromatic rings. The fourth-order valence-electron chi connectivity index (χ4n) is 3.69. The molecule has 1 aliphatic heterocycles. The first-order valence-electron chi connectivity index (χ1n) is 9.55. The molecule has 1 aliphatic carbocycles. The molecule has 0 unspecified atom stereocenters. The maximum atomic E-state index is 12.2. The standard InChI is InChI=1S/C20H23N5OS/c1-23-13-22-18-10-15(4-5-17(18)20(23)26)25-8-6-24(7-9-25)12-16-11-21-19(27-16)14-2-3-14/h4-5,10-11,13-14H,2-3,6-9,12H2,1H3. The molecule has 6 nitrogen and oxygen atoms in total. The van der Waals surface area contributed by atoms with Gasteiger partial charge in [0.05, 0.1) is 22.2 Å². The quantitative estimate of drug-likeness (QED) is 0.695. The molecule has 0 N–H and O–H groups in total. The number of fused-ring (bicyclic) bond motifs is 1. The zero-order chi connectivity index (χ0) is 18.4. The molecule has 3 heterocycles. The highest BCUT2D eigenvalue weighted by atomic mass is 32.1. The Morgan fingerprint density at radius 2 is 1.96 bits per heavy atom.